The van der Waals surface area contributed by atoms with Crippen molar-refractivity contribution in [2.75, 3.05) is 36.5 Å². The summed E-state index contributed by atoms with van der Waals surface area (Å²) in [6, 6.07) is 4.66. The molecule has 3 aromatic rings. The molecule has 1 aliphatic carbocycles. The number of nitrogens with zero attached hydrogens (tertiary/aromatic N) is 5. The van der Waals surface area contributed by atoms with Crippen LogP contribution in [0.2, 0.25) is 0 Å². The van der Waals surface area contributed by atoms with E-state index < -0.39 is 0 Å². The van der Waals surface area contributed by atoms with Gasteiger partial charge in [0, 0.05) is 49.5 Å². The van der Waals surface area contributed by atoms with Gasteiger partial charge in [-0.2, -0.15) is 0 Å². The van der Waals surface area contributed by atoms with Crippen molar-refractivity contribution in [3.63, 3.8) is 0 Å². The lowest BCUT2D eigenvalue weighted by molar-refractivity contribution is 0.122. The van der Waals surface area contributed by atoms with Crippen LogP contribution in [-0.2, 0) is 11.2 Å². The lowest BCUT2D eigenvalue weighted by Crippen LogP contribution is -2.36. The van der Waals surface area contributed by atoms with Gasteiger partial charge in [-0.1, -0.05) is 13.3 Å². The van der Waals surface area contributed by atoms with Gasteiger partial charge in [0.15, 0.2) is 0 Å². The molecule has 2 aromatic heterocycles. The molecule has 9 heteroatoms. The SMILES string of the molecule is CCCCc1cnc2cc(N3CCOCC3)cc(OC3CCC(Nc4ncc(Br)cn4)CC3)c2n1. The number of hydrogen-bond donors (Lipinski definition) is 1. The Bertz CT molecular complexity index is 1110. The monoisotopic (exact) mass is 540 g/mol. The lowest BCUT2D eigenvalue weighted by atomic mass is 9.93. The van der Waals surface area contributed by atoms with Crippen LogP contribution in [0.4, 0.5) is 11.6 Å². The van der Waals surface area contributed by atoms with Gasteiger partial charge >= 0.3 is 0 Å². The van der Waals surface area contributed by atoms with Gasteiger partial charge in [-0.15, -0.1) is 0 Å². The Labute approximate surface area is 215 Å². The molecule has 0 bridgehead atoms. The number of morpholine rings is 1. The van der Waals surface area contributed by atoms with Gasteiger partial charge in [-0.25, -0.2) is 15.0 Å². The molecule has 35 heavy (non-hydrogen) atoms. The molecule has 0 spiro atoms. The summed E-state index contributed by atoms with van der Waals surface area (Å²) in [5.74, 6) is 1.53. The van der Waals surface area contributed by atoms with Crippen LogP contribution in [0.15, 0.2) is 35.2 Å². The first-order chi connectivity index (χ1) is 17.2. The third kappa shape index (κ3) is 6.19. The number of anilines is 2. The van der Waals surface area contributed by atoms with E-state index in [1.807, 2.05) is 6.20 Å². The van der Waals surface area contributed by atoms with Crippen molar-refractivity contribution in [1.29, 1.82) is 0 Å². The summed E-state index contributed by atoms with van der Waals surface area (Å²) < 4.78 is 13.1. The fourth-order valence-corrected chi connectivity index (χ4v) is 4.96. The first-order valence-electron chi connectivity index (χ1n) is 12.7. The van der Waals surface area contributed by atoms with E-state index in [2.05, 4.69) is 55.2 Å². The molecule has 1 N–H and O–H groups in total. The van der Waals surface area contributed by atoms with Gasteiger partial charge in [0.25, 0.3) is 0 Å². The maximum atomic E-state index is 6.65. The zero-order chi connectivity index (χ0) is 24.0. The van der Waals surface area contributed by atoms with E-state index in [9.17, 15) is 0 Å². The average Bonchev–Trinajstić information content (AvgIpc) is 2.90. The zero-order valence-corrected chi connectivity index (χ0v) is 21.8. The first-order valence-corrected chi connectivity index (χ1v) is 13.5. The highest BCUT2D eigenvalue weighted by atomic mass is 79.9. The molecule has 2 aliphatic rings. The van der Waals surface area contributed by atoms with Crippen LogP contribution in [0.1, 0.15) is 51.1 Å². The van der Waals surface area contributed by atoms with E-state index in [-0.39, 0.29) is 6.10 Å². The van der Waals surface area contributed by atoms with Gasteiger partial charge < -0.3 is 19.7 Å². The van der Waals surface area contributed by atoms with Crippen LogP contribution in [0.25, 0.3) is 11.0 Å². The molecule has 1 saturated heterocycles. The molecule has 1 saturated carbocycles. The van der Waals surface area contributed by atoms with Gasteiger partial charge in [-0.3, -0.25) is 4.98 Å². The largest absolute Gasteiger partial charge is 0.488 e. The van der Waals surface area contributed by atoms with Gasteiger partial charge in [-0.05, 0) is 60.5 Å². The molecule has 5 rings (SSSR count). The van der Waals surface area contributed by atoms with Crippen LogP contribution in [0.3, 0.4) is 0 Å². The van der Waals surface area contributed by atoms with Crippen LogP contribution in [0, 0.1) is 0 Å². The second-order valence-electron chi connectivity index (χ2n) is 9.34. The number of nitrogens with one attached hydrogen (secondary N) is 1. The first kappa shape index (κ1) is 24.2. The Balaban J connectivity index is 1.32. The number of halogens is 1. The summed E-state index contributed by atoms with van der Waals surface area (Å²) in [6.07, 6.45) is 12.8. The van der Waals surface area contributed by atoms with Crippen LogP contribution in [0.5, 0.6) is 5.75 Å². The van der Waals surface area contributed by atoms with Gasteiger partial charge in [0.05, 0.1) is 35.0 Å². The summed E-state index contributed by atoms with van der Waals surface area (Å²) >= 11 is 3.39. The average molecular weight is 541 g/mol. The number of unbranched alkanes of at least 4 members (excludes halogenated alkanes) is 1. The van der Waals surface area contributed by atoms with E-state index >= 15 is 0 Å². The molecule has 1 aromatic carbocycles. The molecular formula is C26H33BrN6O2. The molecule has 0 unspecified atom stereocenters. The van der Waals surface area contributed by atoms with Crippen LogP contribution >= 0.6 is 15.9 Å². The Morgan fingerprint density at radius 3 is 2.57 bits per heavy atom. The minimum Gasteiger partial charge on any atom is -0.488 e. The molecule has 3 heterocycles. The number of benzene rings is 1. The van der Waals surface area contributed by atoms with Crippen molar-refractivity contribution in [3.05, 3.63) is 40.9 Å². The van der Waals surface area contributed by atoms with Crippen molar-refractivity contribution >= 4 is 38.6 Å². The van der Waals surface area contributed by atoms with Crippen molar-refractivity contribution in [3.8, 4) is 5.75 Å². The van der Waals surface area contributed by atoms with E-state index in [0.29, 0.717) is 12.0 Å². The second kappa shape index (κ2) is 11.5. The molecule has 186 valence electrons. The number of aromatic nitrogens is 4. The summed E-state index contributed by atoms with van der Waals surface area (Å²) in [4.78, 5) is 20.8. The maximum Gasteiger partial charge on any atom is 0.222 e. The fourth-order valence-electron chi connectivity index (χ4n) is 4.75. The number of aryl methyl sites for hydroxylation is 1. The highest BCUT2D eigenvalue weighted by Gasteiger charge is 2.25. The molecular weight excluding hydrogens is 508 g/mol. The number of rotatable bonds is 8. The van der Waals surface area contributed by atoms with Crippen molar-refractivity contribution < 1.29 is 9.47 Å². The Hall–Kier alpha value is -2.52. The van der Waals surface area contributed by atoms with E-state index in [1.165, 1.54) is 0 Å². The number of hydrogen-bond acceptors (Lipinski definition) is 8. The summed E-state index contributed by atoms with van der Waals surface area (Å²) in [5.41, 5.74) is 3.94. The van der Waals surface area contributed by atoms with Crippen molar-refractivity contribution in [2.24, 2.45) is 0 Å². The van der Waals surface area contributed by atoms with Gasteiger partial charge in [0.1, 0.15) is 11.3 Å². The molecule has 0 radical (unpaired) electrons. The van der Waals surface area contributed by atoms with Crippen LogP contribution in [-0.4, -0.2) is 58.4 Å². The summed E-state index contributed by atoms with van der Waals surface area (Å²) in [7, 11) is 0. The lowest BCUT2D eigenvalue weighted by Gasteiger charge is -2.31. The minimum atomic E-state index is 0.156. The smallest absolute Gasteiger partial charge is 0.222 e. The van der Waals surface area contributed by atoms with Crippen molar-refractivity contribution in [1.82, 2.24) is 19.9 Å². The Morgan fingerprint density at radius 1 is 1.06 bits per heavy atom. The van der Waals surface area contributed by atoms with Gasteiger partial charge in [0.2, 0.25) is 5.95 Å². The number of fused-ring (bicyclic) bond motifs is 1. The molecule has 0 atom stereocenters. The predicted octanol–water partition coefficient (Wildman–Crippen LogP) is 5.16. The standard InChI is InChI=1S/C26H33BrN6O2/c1-2-3-4-20-17-28-23-13-21(33-9-11-34-12-10-33)14-24(25(23)31-20)35-22-7-5-19(6-8-22)32-26-29-15-18(27)16-30-26/h13-17,19,22H,2-12H2,1H3,(H,29,30,32). The van der Waals surface area contributed by atoms with Crippen LogP contribution < -0.4 is 15.0 Å². The minimum absolute atomic E-state index is 0.156. The molecule has 8 nitrogen and oxygen atoms in total. The predicted molar refractivity (Wildman–Crippen MR) is 141 cm³/mol. The highest BCUT2D eigenvalue weighted by molar-refractivity contribution is 9.10. The zero-order valence-electron chi connectivity index (χ0n) is 20.3. The maximum absolute atomic E-state index is 6.65. The third-order valence-electron chi connectivity index (χ3n) is 6.73. The topological polar surface area (TPSA) is 85.3 Å². The molecule has 1 aliphatic heterocycles. The molecule has 2 fully saturated rings. The fraction of sp³-hybridized carbons (Fsp3) is 0.538. The van der Waals surface area contributed by atoms with E-state index in [1.54, 1.807) is 12.4 Å². The molecule has 0 amide bonds. The highest BCUT2D eigenvalue weighted by Crippen LogP contribution is 2.33. The Morgan fingerprint density at radius 2 is 1.83 bits per heavy atom. The Kier molecular flexibility index (Phi) is 7.93. The summed E-state index contributed by atoms with van der Waals surface area (Å²) in [5, 5.41) is 3.46. The quantitative estimate of drug-likeness (QED) is 0.419. The van der Waals surface area contributed by atoms with Crippen molar-refractivity contribution in [2.45, 2.75) is 64.0 Å². The third-order valence-corrected chi connectivity index (χ3v) is 7.14. The normalized spacial score (nSPS) is 20.7. The number of ether oxygens (including phenoxy) is 2. The van der Waals surface area contributed by atoms with E-state index in [4.69, 9.17) is 19.4 Å². The van der Waals surface area contributed by atoms with E-state index in [0.717, 1.165) is 104 Å². The second-order valence-corrected chi connectivity index (χ2v) is 10.3. The summed E-state index contributed by atoms with van der Waals surface area (Å²) in [6.45, 7) is 5.44.